The van der Waals surface area contributed by atoms with Gasteiger partial charge in [0.2, 0.25) is 5.91 Å². The molecule has 0 radical (unpaired) electrons. The van der Waals surface area contributed by atoms with Crippen molar-refractivity contribution in [2.75, 3.05) is 31.1 Å². The van der Waals surface area contributed by atoms with Gasteiger partial charge in [0.15, 0.2) is 0 Å². The molecule has 0 spiro atoms. The van der Waals surface area contributed by atoms with Crippen molar-refractivity contribution in [1.82, 2.24) is 19.7 Å². The van der Waals surface area contributed by atoms with Crippen molar-refractivity contribution in [2.45, 2.75) is 6.92 Å². The Morgan fingerprint density at radius 1 is 1.17 bits per heavy atom. The quantitative estimate of drug-likeness (QED) is 0.615. The van der Waals surface area contributed by atoms with Gasteiger partial charge in [0.1, 0.15) is 18.3 Å². The minimum atomic E-state index is -0.388. The summed E-state index contributed by atoms with van der Waals surface area (Å²) in [7, 11) is 0. The fraction of sp³-hybridized carbons (Fsp3) is 0.357. The van der Waals surface area contributed by atoms with Crippen LogP contribution in [0.2, 0.25) is 0 Å². The largest absolute Gasteiger partial charge is 0.362 e. The van der Waals surface area contributed by atoms with E-state index < -0.39 is 0 Å². The van der Waals surface area contributed by atoms with Crippen LogP contribution >= 0.6 is 0 Å². The molecule has 1 aromatic heterocycles. The van der Waals surface area contributed by atoms with Crippen LogP contribution in [0.3, 0.4) is 0 Å². The van der Waals surface area contributed by atoms with Crippen LogP contribution < -0.4 is 4.90 Å². The summed E-state index contributed by atoms with van der Waals surface area (Å²) in [5.74, 6) is 0.0297. The first kappa shape index (κ1) is 14.9. The molecule has 9 nitrogen and oxygen atoms in total. The zero-order valence-electron chi connectivity index (χ0n) is 12.6. The smallest absolute Gasteiger partial charge is 0.294 e. The van der Waals surface area contributed by atoms with E-state index in [1.54, 1.807) is 21.6 Å². The fourth-order valence-electron chi connectivity index (χ4n) is 2.68. The van der Waals surface area contributed by atoms with Crippen molar-refractivity contribution in [3.05, 3.63) is 41.0 Å². The number of aromatic nitrogens is 3. The zero-order valence-corrected chi connectivity index (χ0v) is 12.6. The van der Waals surface area contributed by atoms with Crippen LogP contribution in [-0.4, -0.2) is 56.7 Å². The molecule has 1 aliphatic heterocycles. The Kier molecular flexibility index (Phi) is 3.92. The number of hydrogen-bond donors (Lipinski definition) is 0. The van der Waals surface area contributed by atoms with E-state index in [-0.39, 0.29) is 16.5 Å². The molecular weight excluding hydrogens is 300 g/mol. The van der Waals surface area contributed by atoms with Gasteiger partial charge in [-0.05, 0) is 12.1 Å². The summed E-state index contributed by atoms with van der Waals surface area (Å²) in [6, 6.07) is 5.04. The molecule has 3 rings (SSSR count). The Morgan fingerprint density at radius 3 is 2.39 bits per heavy atom. The third kappa shape index (κ3) is 2.98. The lowest BCUT2D eigenvalue weighted by Crippen LogP contribution is -2.48. The number of nitro groups is 1. The van der Waals surface area contributed by atoms with Gasteiger partial charge in [-0.1, -0.05) is 0 Å². The molecule has 0 aliphatic carbocycles. The molecule has 2 aromatic rings. The first-order chi connectivity index (χ1) is 11.1. The average molecular weight is 316 g/mol. The predicted molar refractivity (Wildman–Crippen MR) is 82.5 cm³/mol. The van der Waals surface area contributed by atoms with E-state index in [0.717, 1.165) is 0 Å². The molecule has 1 aromatic carbocycles. The highest BCUT2D eigenvalue weighted by molar-refractivity contribution is 5.74. The lowest BCUT2D eigenvalue weighted by atomic mass is 10.2. The molecule has 0 unspecified atom stereocenters. The van der Waals surface area contributed by atoms with Crippen molar-refractivity contribution in [1.29, 1.82) is 0 Å². The van der Waals surface area contributed by atoms with Crippen molar-refractivity contribution in [3.63, 3.8) is 0 Å². The van der Waals surface area contributed by atoms with E-state index in [4.69, 9.17) is 0 Å². The molecule has 120 valence electrons. The second-order valence-corrected chi connectivity index (χ2v) is 5.29. The van der Waals surface area contributed by atoms with Crippen LogP contribution in [0.25, 0.3) is 5.69 Å². The average Bonchev–Trinajstić information content (AvgIpc) is 3.09. The molecule has 0 bridgehead atoms. The Hall–Kier alpha value is -2.97. The molecule has 2 heterocycles. The Balaban J connectivity index is 1.88. The molecule has 1 fully saturated rings. The Bertz CT molecular complexity index is 722. The SMILES string of the molecule is CC(=O)N1CCN(c2ccc(-n3cnnc3)cc2[N+](=O)[O-])CC1. The van der Waals surface area contributed by atoms with Gasteiger partial charge in [0.05, 0.1) is 10.6 Å². The highest BCUT2D eigenvalue weighted by Gasteiger charge is 2.25. The molecular formula is C14H16N6O3. The number of carbonyl (C=O) groups excluding carboxylic acids is 1. The second-order valence-electron chi connectivity index (χ2n) is 5.29. The maximum atomic E-state index is 11.4. The minimum Gasteiger partial charge on any atom is -0.362 e. The lowest BCUT2D eigenvalue weighted by Gasteiger charge is -2.35. The number of nitrogens with zero attached hydrogens (tertiary/aromatic N) is 6. The van der Waals surface area contributed by atoms with Gasteiger partial charge in [-0.25, -0.2) is 0 Å². The van der Waals surface area contributed by atoms with Gasteiger partial charge < -0.3 is 9.80 Å². The molecule has 0 saturated carbocycles. The summed E-state index contributed by atoms with van der Waals surface area (Å²) in [6.07, 6.45) is 2.98. The van der Waals surface area contributed by atoms with Crippen molar-refractivity contribution < 1.29 is 9.72 Å². The molecule has 23 heavy (non-hydrogen) atoms. The number of benzene rings is 1. The Labute approximate surface area is 132 Å². The van der Waals surface area contributed by atoms with Gasteiger partial charge in [0, 0.05) is 39.2 Å². The van der Waals surface area contributed by atoms with Gasteiger partial charge in [-0.2, -0.15) is 0 Å². The first-order valence-corrected chi connectivity index (χ1v) is 7.20. The number of carbonyl (C=O) groups is 1. The number of hydrogen-bond acceptors (Lipinski definition) is 6. The molecule has 9 heteroatoms. The van der Waals surface area contributed by atoms with Crippen LogP contribution in [0, 0.1) is 10.1 Å². The summed E-state index contributed by atoms with van der Waals surface area (Å²) in [5, 5.41) is 18.8. The molecule has 1 saturated heterocycles. The van der Waals surface area contributed by atoms with Gasteiger partial charge in [0.25, 0.3) is 5.69 Å². The van der Waals surface area contributed by atoms with Gasteiger partial charge in [-0.15, -0.1) is 10.2 Å². The fourth-order valence-corrected chi connectivity index (χ4v) is 2.68. The van der Waals surface area contributed by atoms with Gasteiger partial charge in [-0.3, -0.25) is 19.5 Å². The van der Waals surface area contributed by atoms with Crippen molar-refractivity contribution in [2.24, 2.45) is 0 Å². The summed E-state index contributed by atoms with van der Waals surface area (Å²) in [6.45, 7) is 3.82. The van der Waals surface area contributed by atoms with E-state index in [1.807, 2.05) is 4.90 Å². The highest BCUT2D eigenvalue weighted by Crippen LogP contribution is 2.31. The van der Waals surface area contributed by atoms with Crippen LogP contribution in [-0.2, 0) is 4.79 Å². The third-order valence-electron chi connectivity index (χ3n) is 3.94. The van der Waals surface area contributed by atoms with E-state index in [9.17, 15) is 14.9 Å². The molecule has 1 amide bonds. The van der Waals surface area contributed by atoms with E-state index in [1.165, 1.54) is 25.6 Å². The zero-order chi connectivity index (χ0) is 16.4. The van der Waals surface area contributed by atoms with Gasteiger partial charge >= 0.3 is 0 Å². The first-order valence-electron chi connectivity index (χ1n) is 7.20. The topological polar surface area (TPSA) is 97.4 Å². The van der Waals surface area contributed by atoms with E-state index in [0.29, 0.717) is 37.6 Å². The number of rotatable bonds is 3. The van der Waals surface area contributed by atoms with Crippen molar-refractivity contribution in [3.8, 4) is 5.69 Å². The number of anilines is 1. The predicted octanol–water partition coefficient (Wildman–Crippen LogP) is 0.844. The number of piperazine rings is 1. The highest BCUT2D eigenvalue weighted by atomic mass is 16.6. The van der Waals surface area contributed by atoms with E-state index >= 15 is 0 Å². The molecule has 1 aliphatic rings. The minimum absolute atomic E-state index is 0.0297. The summed E-state index contributed by atoms with van der Waals surface area (Å²) >= 11 is 0. The summed E-state index contributed by atoms with van der Waals surface area (Å²) in [4.78, 5) is 26.1. The van der Waals surface area contributed by atoms with Crippen LogP contribution in [0.1, 0.15) is 6.92 Å². The summed E-state index contributed by atoms with van der Waals surface area (Å²) in [5.41, 5.74) is 1.23. The summed E-state index contributed by atoms with van der Waals surface area (Å²) < 4.78 is 1.62. The standard InChI is InChI=1S/C14H16N6O3/c1-11(21)17-4-6-18(7-5-17)13-3-2-12(8-14(13)20(22)23)19-9-15-16-10-19/h2-3,8-10H,4-7H2,1H3. The van der Waals surface area contributed by atoms with Crippen LogP contribution in [0.4, 0.5) is 11.4 Å². The number of amides is 1. The number of nitro benzene ring substituents is 1. The van der Waals surface area contributed by atoms with Crippen LogP contribution in [0.15, 0.2) is 30.9 Å². The lowest BCUT2D eigenvalue weighted by molar-refractivity contribution is -0.384. The Morgan fingerprint density at radius 2 is 1.83 bits per heavy atom. The second kappa shape index (κ2) is 6.03. The maximum Gasteiger partial charge on any atom is 0.294 e. The monoisotopic (exact) mass is 316 g/mol. The van der Waals surface area contributed by atoms with E-state index in [2.05, 4.69) is 10.2 Å². The maximum absolute atomic E-state index is 11.4. The molecule has 0 atom stereocenters. The normalized spacial score (nSPS) is 14.8. The third-order valence-corrected chi connectivity index (χ3v) is 3.94. The van der Waals surface area contributed by atoms with Crippen molar-refractivity contribution >= 4 is 17.3 Å². The molecule has 0 N–H and O–H groups in total. The van der Waals surface area contributed by atoms with Crippen LogP contribution in [0.5, 0.6) is 0 Å².